The van der Waals surface area contributed by atoms with Crippen LogP contribution in [0.5, 0.6) is 0 Å². The molecule has 0 atom stereocenters. The number of nitrogens with zero attached hydrogens (tertiary/aromatic N) is 3. The lowest BCUT2D eigenvalue weighted by atomic mass is 10.0. The maximum Gasteiger partial charge on any atom is 0.217 e. The van der Waals surface area contributed by atoms with Gasteiger partial charge in [-0.25, -0.2) is 9.67 Å². The number of halogens is 1. The van der Waals surface area contributed by atoms with Crippen molar-refractivity contribution in [2.45, 2.75) is 0 Å². The minimum absolute atomic E-state index is 0.601. The molecule has 3 aromatic rings. The SMILES string of the molecule is Cn1nc(Br)nc1/C=C/c1ccc(-c2ccccc2)cc1. The Morgan fingerprint density at radius 1 is 0.905 bits per heavy atom. The van der Waals surface area contributed by atoms with Crippen molar-refractivity contribution in [1.82, 2.24) is 14.8 Å². The molecule has 0 aliphatic rings. The van der Waals surface area contributed by atoms with E-state index in [1.807, 2.05) is 25.3 Å². The van der Waals surface area contributed by atoms with Gasteiger partial charge in [-0.05, 0) is 38.7 Å². The lowest BCUT2D eigenvalue weighted by Crippen LogP contribution is -1.92. The van der Waals surface area contributed by atoms with Gasteiger partial charge in [0.25, 0.3) is 0 Å². The minimum atomic E-state index is 0.601. The Hall–Kier alpha value is -2.20. The van der Waals surface area contributed by atoms with Crippen LogP contribution < -0.4 is 0 Å². The highest BCUT2D eigenvalue weighted by Crippen LogP contribution is 2.20. The molecule has 1 aromatic heterocycles. The molecule has 2 aromatic carbocycles. The summed E-state index contributed by atoms with van der Waals surface area (Å²) in [7, 11) is 1.87. The second-order valence-corrected chi connectivity index (χ2v) is 5.39. The number of rotatable bonds is 3. The van der Waals surface area contributed by atoms with Crippen LogP contribution in [0.15, 0.2) is 59.3 Å². The van der Waals surface area contributed by atoms with Gasteiger partial charge in [-0.2, -0.15) is 0 Å². The van der Waals surface area contributed by atoms with E-state index in [9.17, 15) is 0 Å². The maximum absolute atomic E-state index is 4.27. The van der Waals surface area contributed by atoms with Gasteiger partial charge in [0.05, 0.1) is 0 Å². The van der Waals surface area contributed by atoms with E-state index in [4.69, 9.17) is 0 Å². The fourth-order valence-electron chi connectivity index (χ4n) is 2.10. The van der Waals surface area contributed by atoms with Crippen LogP contribution in [0.2, 0.25) is 0 Å². The molecule has 0 radical (unpaired) electrons. The number of aryl methyl sites for hydroxylation is 1. The first-order valence-electron chi connectivity index (χ1n) is 6.62. The third kappa shape index (κ3) is 3.28. The van der Waals surface area contributed by atoms with Crippen LogP contribution in [-0.2, 0) is 7.05 Å². The monoisotopic (exact) mass is 339 g/mol. The van der Waals surface area contributed by atoms with Gasteiger partial charge in [-0.15, -0.1) is 5.10 Å². The van der Waals surface area contributed by atoms with Crippen molar-refractivity contribution in [3.05, 3.63) is 70.7 Å². The molecule has 4 heteroatoms. The van der Waals surface area contributed by atoms with Crippen LogP contribution in [-0.4, -0.2) is 14.8 Å². The highest BCUT2D eigenvalue weighted by molar-refractivity contribution is 9.10. The van der Waals surface area contributed by atoms with Crippen molar-refractivity contribution < 1.29 is 0 Å². The van der Waals surface area contributed by atoms with Crippen molar-refractivity contribution in [1.29, 1.82) is 0 Å². The van der Waals surface area contributed by atoms with E-state index in [0.717, 1.165) is 11.4 Å². The van der Waals surface area contributed by atoms with Gasteiger partial charge >= 0.3 is 0 Å². The smallest absolute Gasteiger partial charge is 0.217 e. The van der Waals surface area contributed by atoms with E-state index < -0.39 is 0 Å². The lowest BCUT2D eigenvalue weighted by Gasteiger charge is -2.01. The average Bonchev–Trinajstić information content (AvgIpc) is 2.84. The van der Waals surface area contributed by atoms with E-state index >= 15 is 0 Å². The largest absolute Gasteiger partial charge is 0.248 e. The summed E-state index contributed by atoms with van der Waals surface area (Å²) in [5.74, 6) is 0.814. The second kappa shape index (κ2) is 6.06. The fourth-order valence-corrected chi connectivity index (χ4v) is 2.52. The summed E-state index contributed by atoms with van der Waals surface area (Å²) < 4.78 is 2.34. The van der Waals surface area contributed by atoms with Crippen LogP contribution in [0.3, 0.4) is 0 Å². The van der Waals surface area contributed by atoms with Crippen molar-refractivity contribution >= 4 is 28.1 Å². The summed E-state index contributed by atoms with van der Waals surface area (Å²) in [6.45, 7) is 0. The van der Waals surface area contributed by atoms with Crippen LogP contribution in [0.4, 0.5) is 0 Å². The van der Waals surface area contributed by atoms with E-state index in [2.05, 4.69) is 74.5 Å². The molecule has 0 saturated carbocycles. The topological polar surface area (TPSA) is 30.7 Å². The first-order valence-corrected chi connectivity index (χ1v) is 7.42. The second-order valence-electron chi connectivity index (χ2n) is 4.68. The van der Waals surface area contributed by atoms with E-state index in [1.165, 1.54) is 11.1 Å². The highest BCUT2D eigenvalue weighted by Gasteiger charge is 2.00. The van der Waals surface area contributed by atoms with Crippen molar-refractivity contribution in [3.63, 3.8) is 0 Å². The molecule has 0 spiro atoms. The number of benzene rings is 2. The Labute approximate surface area is 132 Å². The molecule has 21 heavy (non-hydrogen) atoms. The first kappa shape index (κ1) is 13.8. The summed E-state index contributed by atoms with van der Waals surface area (Å²) in [5.41, 5.74) is 3.58. The summed E-state index contributed by atoms with van der Waals surface area (Å²) in [4.78, 5) is 4.27. The highest BCUT2D eigenvalue weighted by atomic mass is 79.9. The van der Waals surface area contributed by atoms with E-state index in [-0.39, 0.29) is 0 Å². The molecule has 0 aliphatic heterocycles. The molecule has 0 saturated heterocycles. The molecule has 104 valence electrons. The normalized spacial score (nSPS) is 11.1. The lowest BCUT2D eigenvalue weighted by molar-refractivity contribution is 0.751. The van der Waals surface area contributed by atoms with E-state index in [1.54, 1.807) is 4.68 Å². The predicted octanol–water partition coefficient (Wildman–Crippen LogP) is 4.42. The summed E-state index contributed by atoms with van der Waals surface area (Å²) in [6, 6.07) is 18.8. The molecular weight excluding hydrogens is 326 g/mol. The molecule has 3 nitrogen and oxygen atoms in total. The third-order valence-corrected chi connectivity index (χ3v) is 3.55. The van der Waals surface area contributed by atoms with Gasteiger partial charge < -0.3 is 0 Å². The Kier molecular flexibility index (Phi) is 3.97. The maximum atomic E-state index is 4.27. The molecule has 1 heterocycles. The zero-order valence-corrected chi connectivity index (χ0v) is 13.2. The Morgan fingerprint density at radius 2 is 1.57 bits per heavy atom. The van der Waals surface area contributed by atoms with Crippen LogP contribution in [0, 0.1) is 0 Å². The average molecular weight is 340 g/mol. The van der Waals surface area contributed by atoms with Crippen molar-refractivity contribution in [3.8, 4) is 11.1 Å². The van der Waals surface area contributed by atoms with Crippen molar-refractivity contribution in [2.24, 2.45) is 7.05 Å². The van der Waals surface area contributed by atoms with Crippen LogP contribution >= 0.6 is 15.9 Å². The van der Waals surface area contributed by atoms with Gasteiger partial charge in [-0.3, -0.25) is 0 Å². The van der Waals surface area contributed by atoms with Gasteiger partial charge in [0, 0.05) is 7.05 Å². The molecule has 0 bridgehead atoms. The fraction of sp³-hybridized carbons (Fsp3) is 0.0588. The molecule has 0 aliphatic carbocycles. The number of hydrogen-bond donors (Lipinski definition) is 0. The van der Waals surface area contributed by atoms with Crippen LogP contribution in [0.1, 0.15) is 11.4 Å². The first-order chi connectivity index (χ1) is 10.2. The summed E-state index contributed by atoms with van der Waals surface area (Å²) in [5, 5.41) is 4.15. The Bertz CT molecular complexity index is 758. The summed E-state index contributed by atoms with van der Waals surface area (Å²) >= 11 is 3.27. The molecule has 0 N–H and O–H groups in total. The Balaban J connectivity index is 1.80. The van der Waals surface area contributed by atoms with E-state index in [0.29, 0.717) is 4.73 Å². The van der Waals surface area contributed by atoms with Gasteiger partial charge in [0.15, 0.2) is 5.82 Å². The number of aromatic nitrogens is 3. The predicted molar refractivity (Wildman–Crippen MR) is 89.5 cm³/mol. The molecule has 0 amide bonds. The molecule has 0 unspecified atom stereocenters. The van der Waals surface area contributed by atoms with Gasteiger partial charge in [0.2, 0.25) is 4.73 Å². The van der Waals surface area contributed by atoms with Gasteiger partial charge in [-0.1, -0.05) is 60.7 Å². The van der Waals surface area contributed by atoms with Gasteiger partial charge in [0.1, 0.15) is 0 Å². The minimum Gasteiger partial charge on any atom is -0.248 e. The molecule has 3 rings (SSSR count). The third-order valence-electron chi connectivity index (χ3n) is 3.21. The van der Waals surface area contributed by atoms with Crippen molar-refractivity contribution in [2.75, 3.05) is 0 Å². The summed E-state index contributed by atoms with van der Waals surface area (Å²) in [6.07, 6.45) is 3.99. The number of hydrogen-bond acceptors (Lipinski definition) is 2. The molecule has 0 fully saturated rings. The standard InChI is InChI=1S/C17H14BrN3/c1-21-16(19-17(18)20-21)12-9-13-7-10-15(11-8-13)14-5-3-2-4-6-14/h2-12H,1H3/b12-9+. The van der Waals surface area contributed by atoms with Crippen LogP contribution in [0.25, 0.3) is 23.3 Å². The molecular formula is C17H14BrN3. The quantitative estimate of drug-likeness (QED) is 0.707. The Morgan fingerprint density at radius 3 is 2.19 bits per heavy atom. The zero-order chi connectivity index (χ0) is 14.7. The zero-order valence-electron chi connectivity index (χ0n) is 11.6.